The van der Waals surface area contributed by atoms with Crippen LogP contribution in [-0.4, -0.2) is 30.1 Å². The topological polar surface area (TPSA) is 42.4 Å². The fourth-order valence-electron chi connectivity index (χ4n) is 2.09. The van der Waals surface area contributed by atoms with Gasteiger partial charge in [-0.05, 0) is 25.1 Å². The summed E-state index contributed by atoms with van der Waals surface area (Å²) < 4.78 is 0.995. The second-order valence-corrected chi connectivity index (χ2v) is 7.26. The molecule has 1 amide bonds. The first-order valence-corrected chi connectivity index (χ1v) is 8.66. The summed E-state index contributed by atoms with van der Waals surface area (Å²) >= 11 is 3.08. The van der Waals surface area contributed by atoms with Crippen molar-refractivity contribution in [1.82, 2.24) is 10.0 Å². The van der Waals surface area contributed by atoms with Crippen molar-refractivity contribution in [2.75, 3.05) is 14.2 Å². The molecule has 4 nitrogen and oxygen atoms in total. The molecule has 0 N–H and O–H groups in total. The Morgan fingerprint density at radius 2 is 2.00 bits per heavy atom. The molecule has 23 heavy (non-hydrogen) atoms. The summed E-state index contributed by atoms with van der Waals surface area (Å²) in [4.78, 5) is 24.3. The summed E-state index contributed by atoms with van der Waals surface area (Å²) in [6, 6.07) is 10.3. The number of thiophene rings is 1. The Morgan fingerprint density at radius 3 is 2.70 bits per heavy atom. The molecule has 0 aliphatic rings. The molecule has 0 atom stereocenters. The molecule has 0 saturated heterocycles. The number of carbonyl (C=O) groups is 1. The molecule has 2 aromatic heterocycles. The van der Waals surface area contributed by atoms with Crippen molar-refractivity contribution in [2.24, 2.45) is 0 Å². The number of hydroxylamine groups is 2. The Hall–Kier alpha value is -1.89. The number of nitrogens with zero attached hydrogens (tertiary/aromatic N) is 2. The summed E-state index contributed by atoms with van der Waals surface area (Å²) in [7, 11) is 3.08. The average molecular weight is 344 g/mol. The van der Waals surface area contributed by atoms with Crippen molar-refractivity contribution in [1.29, 1.82) is 0 Å². The summed E-state index contributed by atoms with van der Waals surface area (Å²) in [6.07, 6.45) is 3.64. The van der Waals surface area contributed by atoms with Gasteiger partial charge in [-0.1, -0.05) is 29.5 Å². The van der Waals surface area contributed by atoms with Crippen LogP contribution in [-0.2, 0) is 4.84 Å². The van der Waals surface area contributed by atoms with Crippen LogP contribution in [0.1, 0.15) is 15.2 Å². The van der Waals surface area contributed by atoms with E-state index in [1.807, 2.05) is 12.3 Å². The minimum atomic E-state index is -0.153. The highest BCUT2D eigenvalue weighted by molar-refractivity contribution is 7.99. The molecule has 3 aromatic rings. The first-order valence-electron chi connectivity index (χ1n) is 7.02. The third kappa shape index (κ3) is 3.39. The van der Waals surface area contributed by atoms with Gasteiger partial charge in [-0.2, -0.15) is 0 Å². The van der Waals surface area contributed by atoms with Crippen molar-refractivity contribution in [3.8, 4) is 0 Å². The highest BCUT2D eigenvalue weighted by Crippen LogP contribution is 2.36. The number of amides is 1. The third-order valence-electron chi connectivity index (χ3n) is 3.43. The minimum absolute atomic E-state index is 0.153. The molecule has 1 aromatic carbocycles. The summed E-state index contributed by atoms with van der Waals surface area (Å²) in [5.41, 5.74) is 1.23. The molecule has 118 valence electrons. The number of fused-ring (bicyclic) bond motifs is 1. The Labute approximate surface area is 143 Å². The fourth-order valence-corrected chi connectivity index (χ4v) is 4.10. The van der Waals surface area contributed by atoms with E-state index in [9.17, 15) is 4.79 Å². The monoisotopic (exact) mass is 344 g/mol. The maximum absolute atomic E-state index is 12.2. The molecule has 0 unspecified atom stereocenters. The molecule has 3 rings (SSSR count). The second kappa shape index (κ2) is 6.70. The van der Waals surface area contributed by atoms with E-state index in [4.69, 9.17) is 4.84 Å². The Balaban J connectivity index is 1.96. The van der Waals surface area contributed by atoms with Crippen molar-refractivity contribution in [3.05, 3.63) is 53.2 Å². The first-order chi connectivity index (χ1) is 11.1. The molecule has 0 bridgehead atoms. The van der Waals surface area contributed by atoms with Crippen LogP contribution in [0.4, 0.5) is 0 Å². The van der Waals surface area contributed by atoms with Gasteiger partial charge in [-0.15, -0.1) is 11.3 Å². The highest BCUT2D eigenvalue weighted by Gasteiger charge is 2.16. The van der Waals surface area contributed by atoms with Gasteiger partial charge in [0, 0.05) is 34.6 Å². The molecule has 0 radical (unpaired) electrons. The smallest absolute Gasteiger partial charge is 0.274 e. The molecule has 0 aliphatic carbocycles. The number of aromatic nitrogens is 1. The van der Waals surface area contributed by atoms with Crippen molar-refractivity contribution < 1.29 is 9.63 Å². The van der Waals surface area contributed by atoms with E-state index in [0.29, 0.717) is 4.88 Å². The molecule has 0 aliphatic heterocycles. The van der Waals surface area contributed by atoms with E-state index >= 15 is 0 Å². The van der Waals surface area contributed by atoms with Gasteiger partial charge in [0.05, 0.1) is 16.7 Å². The van der Waals surface area contributed by atoms with Crippen LogP contribution >= 0.6 is 23.1 Å². The van der Waals surface area contributed by atoms with Gasteiger partial charge in [-0.25, -0.2) is 5.06 Å². The fraction of sp³-hybridized carbons (Fsp3) is 0.176. The van der Waals surface area contributed by atoms with Gasteiger partial charge in [0.1, 0.15) is 0 Å². The van der Waals surface area contributed by atoms with Crippen molar-refractivity contribution in [2.45, 2.75) is 16.7 Å². The van der Waals surface area contributed by atoms with Crippen LogP contribution in [0.15, 0.2) is 52.5 Å². The maximum Gasteiger partial charge on any atom is 0.287 e. The molecule has 6 heteroatoms. The molecular formula is C17H16N2O2S2. The van der Waals surface area contributed by atoms with Gasteiger partial charge in [-0.3, -0.25) is 14.6 Å². The summed E-state index contributed by atoms with van der Waals surface area (Å²) in [5, 5.41) is 2.27. The lowest BCUT2D eigenvalue weighted by Gasteiger charge is -2.11. The lowest BCUT2D eigenvalue weighted by Crippen LogP contribution is -2.24. The summed E-state index contributed by atoms with van der Waals surface area (Å²) in [5.74, 6) is -0.153. The Morgan fingerprint density at radius 1 is 1.26 bits per heavy atom. The number of hydrogen-bond donors (Lipinski definition) is 0. The predicted molar refractivity (Wildman–Crippen MR) is 94.0 cm³/mol. The van der Waals surface area contributed by atoms with Gasteiger partial charge < -0.3 is 0 Å². The van der Waals surface area contributed by atoms with E-state index in [1.54, 1.807) is 25.0 Å². The standard InChI is InChI=1S/C17H16N2O2S2/c1-11-4-6-12(7-5-11)22-15-9-18-10-16-13(15)8-14(23-16)17(20)19(2)21-3/h4-10H,1-3H3. The zero-order chi connectivity index (χ0) is 16.4. The lowest BCUT2D eigenvalue weighted by atomic mass is 10.2. The lowest BCUT2D eigenvalue weighted by molar-refractivity contribution is -0.0753. The van der Waals surface area contributed by atoms with Crippen LogP contribution in [0, 0.1) is 6.92 Å². The van der Waals surface area contributed by atoms with E-state index in [2.05, 4.69) is 36.2 Å². The van der Waals surface area contributed by atoms with Crippen molar-refractivity contribution >= 4 is 39.1 Å². The number of hydrogen-bond acceptors (Lipinski definition) is 5. The number of benzene rings is 1. The Bertz CT molecular complexity index is 843. The highest BCUT2D eigenvalue weighted by atomic mass is 32.2. The van der Waals surface area contributed by atoms with E-state index in [1.165, 1.54) is 29.1 Å². The molecule has 0 fully saturated rings. The van der Waals surface area contributed by atoms with E-state index in [0.717, 1.165) is 19.9 Å². The minimum Gasteiger partial charge on any atom is -0.274 e. The number of pyridine rings is 1. The second-order valence-electron chi connectivity index (χ2n) is 5.06. The van der Waals surface area contributed by atoms with Gasteiger partial charge in [0.2, 0.25) is 0 Å². The van der Waals surface area contributed by atoms with Crippen LogP contribution in [0.3, 0.4) is 0 Å². The van der Waals surface area contributed by atoms with Gasteiger partial charge >= 0.3 is 0 Å². The zero-order valence-electron chi connectivity index (χ0n) is 13.1. The van der Waals surface area contributed by atoms with Gasteiger partial charge in [0.25, 0.3) is 5.91 Å². The normalized spacial score (nSPS) is 10.9. The molecule has 2 heterocycles. The first kappa shape index (κ1) is 16.0. The predicted octanol–water partition coefficient (Wildman–Crippen LogP) is 4.39. The maximum atomic E-state index is 12.2. The van der Waals surface area contributed by atoms with Crippen LogP contribution in [0.5, 0.6) is 0 Å². The quantitative estimate of drug-likeness (QED) is 0.658. The summed E-state index contributed by atoms with van der Waals surface area (Å²) in [6.45, 7) is 2.07. The van der Waals surface area contributed by atoms with Crippen molar-refractivity contribution in [3.63, 3.8) is 0 Å². The number of aryl methyl sites for hydroxylation is 1. The molecule has 0 saturated carbocycles. The SMILES string of the molecule is CON(C)C(=O)c1cc2c(Sc3ccc(C)cc3)cncc2s1. The zero-order valence-corrected chi connectivity index (χ0v) is 14.7. The molecular weight excluding hydrogens is 328 g/mol. The average Bonchev–Trinajstić information content (AvgIpc) is 3.00. The van der Waals surface area contributed by atoms with E-state index in [-0.39, 0.29) is 5.91 Å². The van der Waals surface area contributed by atoms with Gasteiger partial charge in [0.15, 0.2) is 0 Å². The van der Waals surface area contributed by atoms with Crippen LogP contribution < -0.4 is 0 Å². The number of carbonyl (C=O) groups excluding carboxylic acids is 1. The Kier molecular flexibility index (Phi) is 4.66. The largest absolute Gasteiger partial charge is 0.287 e. The third-order valence-corrected chi connectivity index (χ3v) is 5.54. The molecule has 0 spiro atoms. The van der Waals surface area contributed by atoms with Crippen LogP contribution in [0.2, 0.25) is 0 Å². The van der Waals surface area contributed by atoms with Crippen LogP contribution in [0.25, 0.3) is 10.1 Å². The number of rotatable bonds is 4. The van der Waals surface area contributed by atoms with E-state index < -0.39 is 0 Å².